The SMILES string of the molecule is Clc1ccc(C2Cc3cccc(Cl)c3N2)cc1. The summed E-state index contributed by atoms with van der Waals surface area (Å²) < 4.78 is 0. The third-order valence-electron chi connectivity index (χ3n) is 3.11. The van der Waals surface area contributed by atoms with E-state index in [0.29, 0.717) is 6.04 Å². The molecule has 0 bridgehead atoms. The molecule has 1 atom stereocenters. The number of halogens is 2. The first-order valence-electron chi connectivity index (χ1n) is 5.53. The fraction of sp³-hybridized carbons (Fsp3) is 0.143. The van der Waals surface area contributed by atoms with E-state index in [2.05, 4.69) is 23.5 Å². The van der Waals surface area contributed by atoms with Crippen LogP contribution in [0.2, 0.25) is 10.0 Å². The van der Waals surface area contributed by atoms with Crippen LogP contribution in [0, 0.1) is 0 Å². The Morgan fingerprint density at radius 1 is 1.00 bits per heavy atom. The van der Waals surface area contributed by atoms with Gasteiger partial charge in [0.1, 0.15) is 0 Å². The molecule has 0 fully saturated rings. The van der Waals surface area contributed by atoms with Gasteiger partial charge < -0.3 is 5.32 Å². The van der Waals surface area contributed by atoms with Gasteiger partial charge in [-0.05, 0) is 35.7 Å². The number of rotatable bonds is 1. The Hall–Kier alpha value is -1.18. The van der Waals surface area contributed by atoms with Crippen molar-refractivity contribution in [3.8, 4) is 0 Å². The molecule has 1 N–H and O–H groups in total. The predicted octanol–water partition coefficient (Wildman–Crippen LogP) is 4.70. The first-order valence-corrected chi connectivity index (χ1v) is 6.29. The lowest BCUT2D eigenvalue weighted by atomic mass is 10.0. The molecule has 17 heavy (non-hydrogen) atoms. The van der Waals surface area contributed by atoms with Crippen LogP contribution >= 0.6 is 23.2 Å². The predicted molar refractivity (Wildman–Crippen MR) is 73.0 cm³/mol. The van der Waals surface area contributed by atoms with Crippen molar-refractivity contribution in [2.45, 2.75) is 12.5 Å². The average molecular weight is 264 g/mol. The van der Waals surface area contributed by atoms with Gasteiger partial charge in [-0.25, -0.2) is 0 Å². The molecule has 2 aromatic carbocycles. The fourth-order valence-corrected chi connectivity index (χ4v) is 2.62. The summed E-state index contributed by atoms with van der Waals surface area (Å²) in [5.41, 5.74) is 3.58. The molecular weight excluding hydrogens is 253 g/mol. The molecule has 0 spiro atoms. The van der Waals surface area contributed by atoms with Crippen LogP contribution in [0.4, 0.5) is 5.69 Å². The van der Waals surface area contributed by atoms with Crippen LogP contribution in [0.1, 0.15) is 17.2 Å². The van der Waals surface area contributed by atoms with E-state index in [0.717, 1.165) is 22.2 Å². The molecule has 0 amide bonds. The standard InChI is InChI=1S/C14H11Cl2N/c15-11-6-4-9(5-7-11)13-8-10-2-1-3-12(16)14(10)17-13/h1-7,13,17H,8H2. The molecule has 1 nitrogen and oxygen atoms in total. The number of benzene rings is 2. The van der Waals surface area contributed by atoms with Crippen molar-refractivity contribution in [3.05, 3.63) is 63.6 Å². The third kappa shape index (κ3) is 2.01. The van der Waals surface area contributed by atoms with Gasteiger partial charge in [0.25, 0.3) is 0 Å². The summed E-state index contributed by atoms with van der Waals surface area (Å²) in [4.78, 5) is 0. The zero-order valence-corrected chi connectivity index (χ0v) is 10.6. The Labute approximate surface area is 110 Å². The molecule has 1 heterocycles. The number of fused-ring (bicyclic) bond motifs is 1. The molecule has 86 valence electrons. The van der Waals surface area contributed by atoms with Crippen molar-refractivity contribution in [1.29, 1.82) is 0 Å². The number of para-hydroxylation sites is 1. The van der Waals surface area contributed by atoms with Gasteiger partial charge in [-0.1, -0.05) is 47.5 Å². The van der Waals surface area contributed by atoms with Crippen LogP contribution in [-0.4, -0.2) is 0 Å². The van der Waals surface area contributed by atoms with Crippen molar-refractivity contribution in [2.75, 3.05) is 5.32 Å². The van der Waals surface area contributed by atoms with E-state index in [1.54, 1.807) is 0 Å². The van der Waals surface area contributed by atoms with Gasteiger partial charge in [-0.2, -0.15) is 0 Å². The molecule has 1 unspecified atom stereocenters. The summed E-state index contributed by atoms with van der Waals surface area (Å²) in [6, 6.07) is 14.3. The number of hydrogen-bond acceptors (Lipinski definition) is 1. The summed E-state index contributed by atoms with van der Waals surface area (Å²) >= 11 is 12.1. The lowest BCUT2D eigenvalue weighted by molar-refractivity contribution is 0.824. The van der Waals surface area contributed by atoms with E-state index in [1.165, 1.54) is 11.1 Å². The third-order valence-corrected chi connectivity index (χ3v) is 3.68. The Balaban J connectivity index is 1.91. The average Bonchev–Trinajstić information content (AvgIpc) is 2.75. The van der Waals surface area contributed by atoms with Crippen molar-refractivity contribution in [3.63, 3.8) is 0 Å². The van der Waals surface area contributed by atoms with Crippen molar-refractivity contribution in [1.82, 2.24) is 0 Å². The minimum absolute atomic E-state index is 0.294. The number of nitrogens with one attached hydrogen (secondary N) is 1. The smallest absolute Gasteiger partial charge is 0.0640 e. The molecule has 1 aliphatic rings. The summed E-state index contributed by atoms with van der Waals surface area (Å²) in [5, 5.41) is 5.02. The second-order valence-corrected chi connectivity index (χ2v) is 5.07. The highest BCUT2D eigenvalue weighted by Gasteiger charge is 2.23. The largest absolute Gasteiger partial charge is 0.376 e. The van der Waals surface area contributed by atoms with Crippen LogP contribution in [-0.2, 0) is 6.42 Å². The topological polar surface area (TPSA) is 12.0 Å². The molecule has 2 aromatic rings. The zero-order valence-electron chi connectivity index (χ0n) is 9.08. The van der Waals surface area contributed by atoms with Crippen LogP contribution < -0.4 is 5.32 Å². The van der Waals surface area contributed by atoms with Gasteiger partial charge in [-0.3, -0.25) is 0 Å². The van der Waals surface area contributed by atoms with Gasteiger partial charge >= 0.3 is 0 Å². The van der Waals surface area contributed by atoms with Crippen molar-refractivity contribution in [2.24, 2.45) is 0 Å². The lowest BCUT2D eigenvalue weighted by Crippen LogP contribution is -2.05. The normalized spacial score (nSPS) is 17.6. The Morgan fingerprint density at radius 3 is 2.47 bits per heavy atom. The van der Waals surface area contributed by atoms with E-state index in [9.17, 15) is 0 Å². The van der Waals surface area contributed by atoms with E-state index in [4.69, 9.17) is 23.2 Å². The van der Waals surface area contributed by atoms with E-state index >= 15 is 0 Å². The molecule has 0 saturated heterocycles. The number of anilines is 1. The molecule has 3 rings (SSSR count). The minimum atomic E-state index is 0.294. The summed E-state index contributed by atoms with van der Waals surface area (Å²) in [5.74, 6) is 0. The first kappa shape index (κ1) is 10.9. The van der Waals surface area contributed by atoms with Gasteiger partial charge in [0.05, 0.1) is 16.8 Å². The molecule has 0 saturated carbocycles. The maximum Gasteiger partial charge on any atom is 0.0640 e. The van der Waals surface area contributed by atoms with Gasteiger partial charge in [0.15, 0.2) is 0 Å². The van der Waals surface area contributed by atoms with Gasteiger partial charge in [0, 0.05) is 5.02 Å². The monoisotopic (exact) mass is 263 g/mol. The quantitative estimate of drug-likeness (QED) is 0.787. The van der Waals surface area contributed by atoms with Crippen molar-refractivity contribution < 1.29 is 0 Å². The highest BCUT2D eigenvalue weighted by atomic mass is 35.5. The van der Waals surface area contributed by atoms with E-state index in [-0.39, 0.29) is 0 Å². The second-order valence-electron chi connectivity index (χ2n) is 4.23. The number of hydrogen-bond donors (Lipinski definition) is 1. The lowest BCUT2D eigenvalue weighted by Gasteiger charge is -2.11. The van der Waals surface area contributed by atoms with Crippen LogP contribution in [0.25, 0.3) is 0 Å². The molecular formula is C14H11Cl2N. The zero-order chi connectivity index (χ0) is 11.8. The summed E-state index contributed by atoms with van der Waals surface area (Å²) in [6.07, 6.45) is 0.970. The Bertz CT molecular complexity index is 549. The molecule has 3 heteroatoms. The molecule has 0 aromatic heterocycles. The summed E-state index contributed by atoms with van der Waals surface area (Å²) in [7, 11) is 0. The summed E-state index contributed by atoms with van der Waals surface area (Å²) in [6.45, 7) is 0. The van der Waals surface area contributed by atoms with Crippen LogP contribution in [0.15, 0.2) is 42.5 Å². The molecule has 0 aliphatic carbocycles. The van der Waals surface area contributed by atoms with Crippen LogP contribution in [0.5, 0.6) is 0 Å². The Morgan fingerprint density at radius 2 is 1.76 bits per heavy atom. The highest BCUT2D eigenvalue weighted by molar-refractivity contribution is 6.33. The molecule has 0 radical (unpaired) electrons. The minimum Gasteiger partial charge on any atom is -0.376 e. The van der Waals surface area contributed by atoms with Crippen molar-refractivity contribution >= 4 is 28.9 Å². The fourth-order valence-electron chi connectivity index (χ4n) is 2.24. The first-order chi connectivity index (χ1) is 8.24. The van der Waals surface area contributed by atoms with E-state index < -0.39 is 0 Å². The Kier molecular flexibility index (Phi) is 2.73. The second kappa shape index (κ2) is 4.25. The van der Waals surface area contributed by atoms with Gasteiger partial charge in [-0.15, -0.1) is 0 Å². The van der Waals surface area contributed by atoms with Crippen LogP contribution in [0.3, 0.4) is 0 Å². The maximum absolute atomic E-state index is 6.16. The highest BCUT2D eigenvalue weighted by Crippen LogP contribution is 2.38. The molecule has 1 aliphatic heterocycles. The maximum atomic E-state index is 6.16. The van der Waals surface area contributed by atoms with E-state index in [1.807, 2.05) is 24.3 Å². The van der Waals surface area contributed by atoms with Gasteiger partial charge in [0.2, 0.25) is 0 Å².